The highest BCUT2D eigenvalue weighted by Crippen LogP contribution is 2.32. The number of rotatable bonds is 3. The monoisotopic (exact) mass is 281 g/mol. The molecule has 0 saturated heterocycles. The number of hydrogen-bond acceptors (Lipinski definition) is 3. The van der Waals surface area contributed by atoms with Gasteiger partial charge in [-0.1, -0.05) is 23.2 Å². The quantitative estimate of drug-likeness (QED) is 0.917. The van der Waals surface area contributed by atoms with Crippen molar-refractivity contribution in [2.45, 2.75) is 13.8 Å². The molecule has 0 aliphatic carbocycles. The number of anilines is 1. The van der Waals surface area contributed by atoms with Crippen LogP contribution >= 0.6 is 23.2 Å². The average molecular weight is 282 g/mol. The average Bonchev–Trinajstić information content (AvgIpc) is 2.33. The van der Waals surface area contributed by atoms with Gasteiger partial charge in [0.25, 0.3) is 0 Å². The fourth-order valence-electron chi connectivity index (χ4n) is 1.64. The van der Waals surface area contributed by atoms with Gasteiger partial charge in [0.15, 0.2) is 0 Å². The van der Waals surface area contributed by atoms with E-state index in [9.17, 15) is 0 Å². The minimum absolute atomic E-state index is 0.520. The van der Waals surface area contributed by atoms with Gasteiger partial charge in [0, 0.05) is 24.5 Å². The molecule has 0 radical (unpaired) electrons. The largest absolute Gasteiger partial charge is 0.369 e. The van der Waals surface area contributed by atoms with E-state index < -0.39 is 0 Å². The maximum atomic E-state index is 6.19. The summed E-state index contributed by atoms with van der Waals surface area (Å²) in [7, 11) is 0. The second kappa shape index (κ2) is 5.55. The normalized spacial score (nSPS) is 10.4. The van der Waals surface area contributed by atoms with E-state index in [1.165, 1.54) is 0 Å². The smallest absolute Gasteiger partial charge is 0.145 e. The first-order chi connectivity index (χ1) is 8.61. The van der Waals surface area contributed by atoms with Gasteiger partial charge in [-0.3, -0.25) is 4.98 Å². The first-order valence-electron chi connectivity index (χ1n) is 5.63. The van der Waals surface area contributed by atoms with Gasteiger partial charge in [0.1, 0.15) is 5.82 Å². The Morgan fingerprint density at radius 3 is 2.61 bits per heavy atom. The van der Waals surface area contributed by atoms with E-state index in [1.807, 2.05) is 19.9 Å². The van der Waals surface area contributed by atoms with E-state index >= 15 is 0 Å². The van der Waals surface area contributed by atoms with Gasteiger partial charge in [0.05, 0.1) is 15.7 Å². The summed E-state index contributed by atoms with van der Waals surface area (Å²) in [5.41, 5.74) is 2.63. The van der Waals surface area contributed by atoms with Crippen molar-refractivity contribution in [3.8, 4) is 11.3 Å². The lowest BCUT2D eigenvalue weighted by atomic mass is 10.1. The Bertz CT molecular complexity index is 570. The van der Waals surface area contributed by atoms with Crippen LogP contribution in [0.4, 0.5) is 5.82 Å². The van der Waals surface area contributed by atoms with Gasteiger partial charge in [0.2, 0.25) is 0 Å². The van der Waals surface area contributed by atoms with E-state index in [1.54, 1.807) is 18.5 Å². The van der Waals surface area contributed by atoms with Gasteiger partial charge >= 0.3 is 0 Å². The lowest BCUT2D eigenvalue weighted by molar-refractivity contribution is 1.16. The van der Waals surface area contributed by atoms with Crippen molar-refractivity contribution in [2.24, 2.45) is 0 Å². The fourth-order valence-corrected chi connectivity index (χ4v) is 2.18. The molecule has 3 nitrogen and oxygen atoms in total. The number of nitrogens with zero attached hydrogens (tertiary/aromatic N) is 2. The summed E-state index contributed by atoms with van der Waals surface area (Å²) in [6.07, 6.45) is 3.53. The van der Waals surface area contributed by atoms with Gasteiger partial charge in [-0.05, 0) is 31.5 Å². The van der Waals surface area contributed by atoms with E-state index in [0.29, 0.717) is 21.6 Å². The lowest BCUT2D eigenvalue weighted by Crippen LogP contribution is -2.01. The minimum atomic E-state index is 0.520. The second-order valence-corrected chi connectivity index (χ2v) is 4.74. The Labute approximate surface area is 116 Å². The van der Waals surface area contributed by atoms with Crippen molar-refractivity contribution in [2.75, 3.05) is 11.9 Å². The number of aromatic nitrogens is 2. The van der Waals surface area contributed by atoms with E-state index in [2.05, 4.69) is 15.3 Å². The number of nitrogens with one attached hydrogen (secondary N) is 1. The summed E-state index contributed by atoms with van der Waals surface area (Å²) in [6.45, 7) is 4.71. The van der Waals surface area contributed by atoms with Crippen molar-refractivity contribution in [3.05, 3.63) is 40.1 Å². The number of aryl methyl sites for hydroxylation is 1. The zero-order chi connectivity index (χ0) is 13.1. The summed E-state index contributed by atoms with van der Waals surface area (Å²) in [5, 5.41) is 4.15. The topological polar surface area (TPSA) is 37.8 Å². The summed E-state index contributed by atoms with van der Waals surface area (Å²) < 4.78 is 0. The van der Waals surface area contributed by atoms with Gasteiger partial charge in [-0.2, -0.15) is 0 Å². The standard InChI is InChI=1S/C13H13Cl2N3/c1-3-17-13-11(15)5-10(14)12(18-13)9-4-8(2)6-16-7-9/h4-7H,3H2,1-2H3,(H,17,18). The Balaban J connectivity index is 2.53. The van der Waals surface area contributed by atoms with E-state index in [4.69, 9.17) is 23.2 Å². The van der Waals surface area contributed by atoms with Crippen LogP contribution in [-0.2, 0) is 0 Å². The van der Waals surface area contributed by atoms with Crippen LogP contribution in [0, 0.1) is 6.92 Å². The van der Waals surface area contributed by atoms with Crippen LogP contribution < -0.4 is 5.32 Å². The molecule has 0 aliphatic heterocycles. The molecule has 2 aromatic heterocycles. The maximum Gasteiger partial charge on any atom is 0.145 e. The molecule has 2 aromatic rings. The molecule has 0 aromatic carbocycles. The highest BCUT2D eigenvalue weighted by atomic mass is 35.5. The lowest BCUT2D eigenvalue weighted by Gasteiger charge is -2.10. The first-order valence-corrected chi connectivity index (χ1v) is 6.39. The molecule has 2 rings (SSSR count). The molecule has 0 saturated carbocycles. The summed E-state index contributed by atoms with van der Waals surface area (Å²) >= 11 is 12.3. The molecule has 0 bridgehead atoms. The van der Waals surface area contributed by atoms with Crippen LogP contribution in [0.25, 0.3) is 11.3 Å². The zero-order valence-corrected chi connectivity index (χ0v) is 11.7. The highest BCUT2D eigenvalue weighted by molar-refractivity contribution is 6.37. The number of pyridine rings is 2. The van der Waals surface area contributed by atoms with Crippen molar-refractivity contribution < 1.29 is 0 Å². The molecule has 5 heteroatoms. The molecule has 0 aliphatic rings. The molecule has 94 valence electrons. The third-order valence-electron chi connectivity index (χ3n) is 2.42. The highest BCUT2D eigenvalue weighted by Gasteiger charge is 2.11. The van der Waals surface area contributed by atoms with E-state index in [-0.39, 0.29) is 0 Å². The van der Waals surface area contributed by atoms with Gasteiger partial charge < -0.3 is 5.32 Å². The molecule has 0 spiro atoms. The van der Waals surface area contributed by atoms with Crippen molar-refractivity contribution in [3.63, 3.8) is 0 Å². The van der Waals surface area contributed by atoms with Crippen molar-refractivity contribution >= 4 is 29.0 Å². The van der Waals surface area contributed by atoms with Crippen LogP contribution in [0.15, 0.2) is 24.5 Å². The van der Waals surface area contributed by atoms with Crippen LogP contribution in [-0.4, -0.2) is 16.5 Å². The Morgan fingerprint density at radius 1 is 1.17 bits per heavy atom. The molecule has 0 unspecified atom stereocenters. The summed E-state index contributed by atoms with van der Waals surface area (Å²) in [5.74, 6) is 0.639. The Hall–Kier alpha value is -1.32. The maximum absolute atomic E-state index is 6.19. The molecule has 18 heavy (non-hydrogen) atoms. The van der Waals surface area contributed by atoms with Crippen molar-refractivity contribution in [1.29, 1.82) is 0 Å². The number of hydrogen-bond donors (Lipinski definition) is 1. The first kappa shape index (κ1) is 13.1. The van der Waals surface area contributed by atoms with E-state index in [0.717, 1.165) is 17.7 Å². The van der Waals surface area contributed by atoms with Crippen LogP contribution in [0.2, 0.25) is 10.0 Å². The van der Waals surface area contributed by atoms with Crippen molar-refractivity contribution in [1.82, 2.24) is 9.97 Å². The Kier molecular flexibility index (Phi) is 4.04. The zero-order valence-electron chi connectivity index (χ0n) is 10.2. The summed E-state index contributed by atoms with van der Waals surface area (Å²) in [6, 6.07) is 3.69. The van der Waals surface area contributed by atoms with Gasteiger partial charge in [-0.25, -0.2) is 4.98 Å². The second-order valence-electron chi connectivity index (χ2n) is 3.93. The van der Waals surface area contributed by atoms with Crippen LogP contribution in [0.1, 0.15) is 12.5 Å². The molecule has 0 atom stereocenters. The molecule has 2 heterocycles. The Morgan fingerprint density at radius 2 is 1.94 bits per heavy atom. The van der Waals surface area contributed by atoms with Gasteiger partial charge in [-0.15, -0.1) is 0 Å². The molecule has 1 N–H and O–H groups in total. The van der Waals surface area contributed by atoms with Crippen LogP contribution in [0.5, 0.6) is 0 Å². The predicted octanol–water partition coefficient (Wildman–Crippen LogP) is 4.19. The molecular formula is C13H13Cl2N3. The molecule has 0 amide bonds. The predicted molar refractivity (Wildman–Crippen MR) is 76.4 cm³/mol. The van der Waals surface area contributed by atoms with Crippen LogP contribution in [0.3, 0.4) is 0 Å². The third-order valence-corrected chi connectivity index (χ3v) is 3.00. The fraction of sp³-hybridized carbons (Fsp3) is 0.231. The molecular weight excluding hydrogens is 269 g/mol. The molecule has 0 fully saturated rings. The number of halogens is 2. The minimum Gasteiger partial charge on any atom is -0.369 e. The SMILES string of the molecule is CCNc1nc(-c2cncc(C)c2)c(Cl)cc1Cl. The third kappa shape index (κ3) is 2.74. The summed E-state index contributed by atoms with van der Waals surface area (Å²) in [4.78, 5) is 8.61.